The number of aryl methyl sites for hydroxylation is 2. The summed E-state index contributed by atoms with van der Waals surface area (Å²) in [6, 6.07) is 13.2. The zero-order chi connectivity index (χ0) is 24.4. The normalized spacial score (nSPS) is 10.8. The number of carbonyl (C=O) groups is 1. The van der Waals surface area contributed by atoms with Crippen LogP contribution in [0.2, 0.25) is 0 Å². The third-order valence-electron chi connectivity index (χ3n) is 5.25. The summed E-state index contributed by atoms with van der Waals surface area (Å²) in [5.74, 6) is -2.99. The van der Waals surface area contributed by atoms with E-state index >= 15 is 0 Å². The predicted molar refractivity (Wildman–Crippen MR) is 122 cm³/mol. The lowest BCUT2D eigenvalue weighted by molar-refractivity contribution is 0.102. The van der Waals surface area contributed by atoms with Gasteiger partial charge in [0.15, 0.2) is 17.4 Å². The zero-order valence-corrected chi connectivity index (χ0v) is 18.6. The van der Waals surface area contributed by atoms with Crippen LogP contribution in [-0.2, 0) is 0 Å². The topological polar surface area (TPSA) is 64.1 Å². The maximum atomic E-state index is 13.9. The van der Waals surface area contributed by atoms with Crippen molar-refractivity contribution in [2.24, 2.45) is 0 Å². The van der Waals surface area contributed by atoms with Crippen LogP contribution in [0.3, 0.4) is 0 Å². The molecule has 4 aromatic rings. The van der Waals surface area contributed by atoms with E-state index in [1.54, 1.807) is 32.0 Å². The monoisotopic (exact) mass is 463 g/mol. The van der Waals surface area contributed by atoms with E-state index in [9.17, 15) is 18.0 Å². The van der Waals surface area contributed by atoms with Crippen molar-refractivity contribution in [3.8, 4) is 22.8 Å². The molecule has 0 unspecified atom stereocenters. The van der Waals surface area contributed by atoms with E-state index in [1.807, 2.05) is 13.0 Å². The fourth-order valence-electron chi connectivity index (χ4n) is 3.53. The van der Waals surface area contributed by atoms with Crippen LogP contribution in [0, 0.1) is 38.4 Å². The summed E-state index contributed by atoms with van der Waals surface area (Å²) >= 11 is 0. The highest BCUT2D eigenvalue weighted by atomic mass is 19.2. The number of nitrogens with one attached hydrogen (secondary N) is 1. The molecule has 2 aromatic carbocycles. The molecule has 0 atom stereocenters. The number of aromatic nitrogens is 2. The average molecular weight is 463 g/mol. The van der Waals surface area contributed by atoms with Gasteiger partial charge in [0.2, 0.25) is 11.8 Å². The maximum Gasteiger partial charge on any atom is 0.261 e. The number of amides is 1. The number of halogens is 3. The maximum absolute atomic E-state index is 13.9. The summed E-state index contributed by atoms with van der Waals surface area (Å²) in [5, 5.41) is 2.82. The molecule has 0 saturated carbocycles. The van der Waals surface area contributed by atoms with Crippen molar-refractivity contribution >= 4 is 11.6 Å². The van der Waals surface area contributed by atoms with Crippen LogP contribution in [0.4, 0.5) is 18.9 Å². The minimum Gasteiger partial charge on any atom is -0.436 e. The van der Waals surface area contributed by atoms with Crippen LogP contribution in [0.25, 0.3) is 11.1 Å². The number of rotatable bonds is 5. The van der Waals surface area contributed by atoms with Crippen molar-refractivity contribution in [1.29, 1.82) is 0 Å². The fourth-order valence-corrected chi connectivity index (χ4v) is 3.53. The fraction of sp³-hybridized carbons (Fsp3) is 0.115. The van der Waals surface area contributed by atoms with Crippen LogP contribution in [0.15, 0.2) is 60.8 Å². The molecule has 5 nitrogen and oxygen atoms in total. The highest BCUT2D eigenvalue weighted by Gasteiger charge is 2.23. The van der Waals surface area contributed by atoms with E-state index in [0.717, 1.165) is 23.8 Å². The highest BCUT2D eigenvalue weighted by molar-refractivity contribution is 6.08. The van der Waals surface area contributed by atoms with Gasteiger partial charge >= 0.3 is 0 Å². The molecule has 1 amide bonds. The van der Waals surface area contributed by atoms with Crippen molar-refractivity contribution in [2.75, 3.05) is 5.32 Å². The van der Waals surface area contributed by atoms with E-state index in [0.29, 0.717) is 22.4 Å². The Morgan fingerprint density at radius 3 is 2.44 bits per heavy atom. The number of ether oxygens (including phenoxy) is 1. The van der Waals surface area contributed by atoms with Gasteiger partial charge < -0.3 is 10.1 Å². The Bertz CT molecular complexity index is 1410. The van der Waals surface area contributed by atoms with Gasteiger partial charge in [-0.25, -0.2) is 18.7 Å². The first-order valence-corrected chi connectivity index (χ1v) is 10.4. The van der Waals surface area contributed by atoms with Gasteiger partial charge in [-0.2, -0.15) is 4.39 Å². The lowest BCUT2D eigenvalue weighted by Gasteiger charge is -2.17. The summed E-state index contributed by atoms with van der Waals surface area (Å²) in [6.07, 6.45) is 1.41. The van der Waals surface area contributed by atoms with Crippen molar-refractivity contribution in [3.05, 3.63) is 101 Å². The summed E-state index contributed by atoms with van der Waals surface area (Å²) < 4.78 is 46.6. The van der Waals surface area contributed by atoms with Crippen LogP contribution in [0.5, 0.6) is 11.6 Å². The van der Waals surface area contributed by atoms with Gasteiger partial charge in [0.1, 0.15) is 5.56 Å². The van der Waals surface area contributed by atoms with E-state index < -0.39 is 23.5 Å². The molecule has 0 spiro atoms. The van der Waals surface area contributed by atoms with Gasteiger partial charge in [-0.3, -0.25) is 4.79 Å². The third-order valence-corrected chi connectivity index (χ3v) is 5.25. The Morgan fingerprint density at radius 1 is 0.941 bits per heavy atom. The largest absolute Gasteiger partial charge is 0.436 e. The summed E-state index contributed by atoms with van der Waals surface area (Å²) in [7, 11) is 0. The third kappa shape index (κ3) is 4.76. The van der Waals surface area contributed by atoms with Crippen LogP contribution in [0.1, 0.15) is 27.2 Å². The number of hydrogen-bond donors (Lipinski definition) is 1. The molecule has 0 aliphatic carbocycles. The van der Waals surface area contributed by atoms with Gasteiger partial charge in [0, 0.05) is 17.4 Å². The molecule has 0 aliphatic rings. The van der Waals surface area contributed by atoms with E-state index in [2.05, 4.69) is 15.3 Å². The van der Waals surface area contributed by atoms with E-state index in [1.165, 1.54) is 18.3 Å². The summed E-state index contributed by atoms with van der Waals surface area (Å²) in [5.41, 5.74) is 3.09. The second kappa shape index (κ2) is 9.35. The molecule has 0 saturated heterocycles. The second-order valence-electron chi connectivity index (χ2n) is 7.75. The lowest BCUT2D eigenvalue weighted by atomic mass is 9.98. The Morgan fingerprint density at radius 2 is 1.74 bits per heavy atom. The van der Waals surface area contributed by atoms with Gasteiger partial charge in [0.25, 0.3) is 5.91 Å². The number of nitrogens with zero attached hydrogens (tertiary/aromatic N) is 2. The first kappa shape index (κ1) is 23.0. The number of benzene rings is 2. The summed E-state index contributed by atoms with van der Waals surface area (Å²) in [6.45, 7) is 5.12. The first-order chi connectivity index (χ1) is 16.2. The molecule has 2 aromatic heterocycles. The first-order valence-electron chi connectivity index (χ1n) is 10.4. The molecule has 0 radical (unpaired) electrons. The van der Waals surface area contributed by atoms with Crippen molar-refractivity contribution in [2.45, 2.75) is 20.8 Å². The number of carbonyl (C=O) groups excluding carboxylic acids is 1. The molecule has 0 fully saturated rings. The average Bonchev–Trinajstić information content (AvgIpc) is 2.78. The van der Waals surface area contributed by atoms with Gasteiger partial charge in [-0.15, -0.1) is 0 Å². The van der Waals surface area contributed by atoms with Gasteiger partial charge in [-0.1, -0.05) is 18.2 Å². The molecule has 4 rings (SSSR count). The van der Waals surface area contributed by atoms with Gasteiger partial charge in [-0.05, 0) is 73.9 Å². The van der Waals surface area contributed by atoms with Crippen molar-refractivity contribution in [1.82, 2.24) is 9.97 Å². The smallest absolute Gasteiger partial charge is 0.261 e. The van der Waals surface area contributed by atoms with Gasteiger partial charge in [0.05, 0.1) is 5.69 Å². The van der Waals surface area contributed by atoms with E-state index in [-0.39, 0.29) is 22.9 Å². The van der Waals surface area contributed by atoms with Crippen molar-refractivity contribution < 1.29 is 22.7 Å². The molecule has 34 heavy (non-hydrogen) atoms. The molecule has 1 N–H and O–H groups in total. The quantitative estimate of drug-likeness (QED) is 0.342. The molecular formula is C26H20F3N3O2. The van der Waals surface area contributed by atoms with Crippen LogP contribution >= 0.6 is 0 Å². The zero-order valence-electron chi connectivity index (χ0n) is 18.6. The van der Waals surface area contributed by atoms with Crippen LogP contribution < -0.4 is 10.1 Å². The SMILES string of the molecule is Cc1cccc(NC(=O)c2c(Oc3ccc(F)nc3C)ncc(-c3ccc(F)c(F)c3)c2C)c1. The van der Waals surface area contributed by atoms with E-state index in [4.69, 9.17) is 4.74 Å². The summed E-state index contributed by atoms with van der Waals surface area (Å²) in [4.78, 5) is 21.4. The number of hydrogen-bond acceptors (Lipinski definition) is 4. The Kier molecular flexibility index (Phi) is 6.32. The molecule has 2 heterocycles. The standard InChI is InChI=1S/C26H20F3N3O2/c1-14-5-4-6-18(11-14)32-25(33)24-15(2)19(17-7-8-20(27)21(28)12-17)13-30-26(24)34-22-9-10-23(29)31-16(22)3/h4-13H,1-3H3,(H,32,33). The number of pyridine rings is 2. The Labute approximate surface area is 194 Å². The minimum atomic E-state index is -1.02. The Hall–Kier alpha value is -4.20. The van der Waals surface area contributed by atoms with Crippen LogP contribution in [-0.4, -0.2) is 15.9 Å². The molecule has 172 valence electrons. The Balaban J connectivity index is 1.82. The number of anilines is 1. The lowest BCUT2D eigenvalue weighted by Crippen LogP contribution is -2.16. The minimum absolute atomic E-state index is 0.0366. The molecule has 0 aliphatic heterocycles. The molecular weight excluding hydrogens is 443 g/mol. The molecule has 8 heteroatoms. The predicted octanol–water partition coefficient (Wildman–Crippen LogP) is 6.53. The highest BCUT2D eigenvalue weighted by Crippen LogP contribution is 2.34. The van der Waals surface area contributed by atoms with Crippen molar-refractivity contribution in [3.63, 3.8) is 0 Å². The second-order valence-corrected chi connectivity index (χ2v) is 7.75. The molecule has 0 bridgehead atoms.